The second-order valence-electron chi connectivity index (χ2n) is 8.80. The molecule has 2 heteroatoms. The molecule has 1 aliphatic rings. The van der Waals surface area contributed by atoms with Crippen molar-refractivity contribution in [1.29, 1.82) is 0 Å². The molecule has 0 radical (unpaired) electrons. The van der Waals surface area contributed by atoms with E-state index >= 15 is 0 Å². The highest BCUT2D eigenvalue weighted by molar-refractivity contribution is 5.65. The Labute approximate surface area is 172 Å². The third-order valence-corrected chi connectivity index (χ3v) is 6.55. The van der Waals surface area contributed by atoms with E-state index in [9.17, 15) is 0 Å². The van der Waals surface area contributed by atoms with Gasteiger partial charge in [-0.05, 0) is 49.1 Å². The van der Waals surface area contributed by atoms with E-state index in [0.29, 0.717) is 0 Å². The van der Waals surface area contributed by atoms with Gasteiger partial charge in [-0.15, -0.1) is 0 Å². The van der Waals surface area contributed by atoms with E-state index in [4.69, 9.17) is 9.97 Å². The summed E-state index contributed by atoms with van der Waals surface area (Å²) in [4.78, 5) is 9.54. The van der Waals surface area contributed by atoms with Crippen LogP contribution in [0.4, 0.5) is 0 Å². The van der Waals surface area contributed by atoms with Crippen molar-refractivity contribution in [3.8, 4) is 11.1 Å². The molecular weight excluding hydrogens is 340 g/mol. The fourth-order valence-electron chi connectivity index (χ4n) is 4.70. The fraction of sp³-hybridized carbons (Fsp3) is 0.615. The molecule has 0 atom stereocenters. The number of aryl methyl sites for hydroxylation is 3. The normalized spacial score (nSPS) is 19.7. The highest BCUT2D eigenvalue weighted by Gasteiger charge is 2.20. The summed E-state index contributed by atoms with van der Waals surface area (Å²) in [5.41, 5.74) is 4.94. The smallest absolute Gasteiger partial charge is 0.128 e. The van der Waals surface area contributed by atoms with Crippen LogP contribution in [0, 0.1) is 18.8 Å². The van der Waals surface area contributed by atoms with Gasteiger partial charge in [-0.3, -0.25) is 0 Å². The number of hydrogen-bond donors (Lipinski definition) is 0. The van der Waals surface area contributed by atoms with Crippen molar-refractivity contribution in [1.82, 2.24) is 9.97 Å². The van der Waals surface area contributed by atoms with E-state index in [2.05, 4.69) is 45.0 Å². The van der Waals surface area contributed by atoms with Gasteiger partial charge in [0.05, 0.1) is 0 Å². The molecule has 1 heterocycles. The van der Waals surface area contributed by atoms with Crippen molar-refractivity contribution in [2.24, 2.45) is 11.8 Å². The first-order valence-electron chi connectivity index (χ1n) is 11.6. The van der Waals surface area contributed by atoms with E-state index in [1.54, 1.807) is 0 Å². The molecule has 1 fully saturated rings. The van der Waals surface area contributed by atoms with Gasteiger partial charge in [0.2, 0.25) is 0 Å². The molecule has 0 saturated heterocycles. The predicted octanol–water partition coefficient (Wildman–Crippen LogP) is 7.33. The third-order valence-electron chi connectivity index (χ3n) is 6.55. The summed E-state index contributed by atoms with van der Waals surface area (Å²) >= 11 is 0. The van der Waals surface area contributed by atoms with Crippen LogP contribution in [-0.2, 0) is 12.8 Å². The molecule has 1 saturated carbocycles. The Morgan fingerprint density at radius 3 is 2.14 bits per heavy atom. The largest absolute Gasteiger partial charge is 0.241 e. The summed E-state index contributed by atoms with van der Waals surface area (Å²) in [5.74, 6) is 2.90. The van der Waals surface area contributed by atoms with Gasteiger partial charge in [0, 0.05) is 23.9 Å². The topological polar surface area (TPSA) is 25.8 Å². The first kappa shape index (κ1) is 21.0. The van der Waals surface area contributed by atoms with Crippen LogP contribution in [0.25, 0.3) is 11.1 Å². The zero-order chi connectivity index (χ0) is 19.8. The number of rotatable bonds is 9. The summed E-state index contributed by atoms with van der Waals surface area (Å²) in [6, 6.07) is 8.97. The lowest BCUT2D eigenvalue weighted by atomic mass is 9.78. The Balaban J connectivity index is 1.54. The molecule has 0 bridgehead atoms. The molecule has 0 N–H and O–H groups in total. The number of aromatic nitrogens is 2. The van der Waals surface area contributed by atoms with Gasteiger partial charge in [0.1, 0.15) is 5.82 Å². The lowest BCUT2D eigenvalue weighted by molar-refractivity contribution is 0.251. The zero-order valence-electron chi connectivity index (χ0n) is 18.2. The molecule has 1 aromatic carbocycles. The van der Waals surface area contributed by atoms with Crippen LogP contribution in [0.5, 0.6) is 0 Å². The van der Waals surface area contributed by atoms with Crippen molar-refractivity contribution in [2.75, 3.05) is 0 Å². The average Bonchev–Trinajstić information content (AvgIpc) is 2.72. The van der Waals surface area contributed by atoms with Crippen LogP contribution in [0.1, 0.15) is 88.7 Å². The number of hydrogen-bond acceptors (Lipinski definition) is 2. The molecule has 28 heavy (non-hydrogen) atoms. The highest BCUT2D eigenvalue weighted by Crippen LogP contribution is 2.33. The van der Waals surface area contributed by atoms with Crippen LogP contribution < -0.4 is 0 Å². The Kier molecular flexibility index (Phi) is 8.06. The van der Waals surface area contributed by atoms with Crippen LogP contribution in [0.2, 0.25) is 0 Å². The van der Waals surface area contributed by atoms with E-state index in [1.165, 1.54) is 80.9 Å². The predicted molar refractivity (Wildman–Crippen MR) is 119 cm³/mol. The van der Waals surface area contributed by atoms with Gasteiger partial charge in [0.15, 0.2) is 0 Å². The highest BCUT2D eigenvalue weighted by atomic mass is 14.9. The molecule has 3 rings (SSSR count). The maximum atomic E-state index is 4.84. The molecule has 2 aromatic rings. The van der Waals surface area contributed by atoms with Crippen LogP contribution >= 0.6 is 0 Å². The lowest BCUT2D eigenvalue weighted by Gasteiger charge is -2.28. The van der Waals surface area contributed by atoms with E-state index in [-0.39, 0.29) is 0 Å². The number of nitrogens with zero attached hydrogens (tertiary/aromatic N) is 2. The quantitative estimate of drug-likeness (QED) is 0.456. The summed E-state index contributed by atoms with van der Waals surface area (Å²) in [5, 5.41) is 0. The maximum absolute atomic E-state index is 4.84. The van der Waals surface area contributed by atoms with E-state index in [1.807, 2.05) is 6.20 Å². The second-order valence-corrected chi connectivity index (χ2v) is 8.80. The Morgan fingerprint density at radius 1 is 0.857 bits per heavy atom. The molecular formula is C26H38N2. The SMILES string of the molecule is CCCCc1ccc(-c2cnc(CCC3CCC(CCC)CC3)nc2C)cc1. The minimum absolute atomic E-state index is 0.882. The summed E-state index contributed by atoms with van der Waals surface area (Å²) in [6.07, 6.45) is 16.5. The number of unbranched alkanes of at least 4 members (excludes halogenated alkanes) is 1. The van der Waals surface area contributed by atoms with Crippen molar-refractivity contribution >= 4 is 0 Å². The monoisotopic (exact) mass is 378 g/mol. The zero-order valence-corrected chi connectivity index (χ0v) is 18.2. The molecule has 1 aromatic heterocycles. The molecule has 0 amide bonds. The van der Waals surface area contributed by atoms with Gasteiger partial charge < -0.3 is 0 Å². The minimum atomic E-state index is 0.882. The second kappa shape index (κ2) is 10.7. The fourth-order valence-corrected chi connectivity index (χ4v) is 4.70. The minimum Gasteiger partial charge on any atom is -0.241 e. The summed E-state index contributed by atoms with van der Waals surface area (Å²) in [6.45, 7) is 6.69. The van der Waals surface area contributed by atoms with Gasteiger partial charge in [0.25, 0.3) is 0 Å². The van der Waals surface area contributed by atoms with Gasteiger partial charge in [-0.2, -0.15) is 0 Å². The van der Waals surface area contributed by atoms with E-state index < -0.39 is 0 Å². The number of benzene rings is 1. The van der Waals surface area contributed by atoms with Crippen LogP contribution in [0.3, 0.4) is 0 Å². The first-order valence-corrected chi connectivity index (χ1v) is 11.6. The first-order chi connectivity index (χ1) is 13.7. The van der Waals surface area contributed by atoms with Crippen molar-refractivity contribution in [3.63, 3.8) is 0 Å². The molecule has 152 valence electrons. The Hall–Kier alpha value is -1.70. The molecule has 0 unspecified atom stereocenters. The third kappa shape index (κ3) is 5.90. The van der Waals surface area contributed by atoms with Crippen LogP contribution in [0.15, 0.2) is 30.5 Å². The van der Waals surface area contributed by atoms with Gasteiger partial charge in [-0.25, -0.2) is 9.97 Å². The molecule has 2 nitrogen and oxygen atoms in total. The van der Waals surface area contributed by atoms with Crippen LogP contribution in [-0.4, -0.2) is 9.97 Å². The molecule has 1 aliphatic carbocycles. The summed E-state index contributed by atoms with van der Waals surface area (Å²) < 4.78 is 0. The molecule has 0 aliphatic heterocycles. The summed E-state index contributed by atoms with van der Waals surface area (Å²) in [7, 11) is 0. The van der Waals surface area contributed by atoms with Crippen molar-refractivity contribution < 1.29 is 0 Å². The molecule has 0 spiro atoms. The maximum Gasteiger partial charge on any atom is 0.128 e. The van der Waals surface area contributed by atoms with Crippen molar-refractivity contribution in [3.05, 3.63) is 47.5 Å². The van der Waals surface area contributed by atoms with Gasteiger partial charge >= 0.3 is 0 Å². The van der Waals surface area contributed by atoms with Crippen molar-refractivity contribution in [2.45, 2.75) is 91.4 Å². The lowest BCUT2D eigenvalue weighted by Crippen LogP contribution is -2.15. The standard InChI is InChI=1S/C26H38N2/c1-4-6-8-22-13-16-24(17-14-22)25-19-27-26(28-20(25)3)18-15-23-11-9-21(7-5-2)10-12-23/h13-14,16-17,19,21,23H,4-12,15,18H2,1-3H3. The van der Waals surface area contributed by atoms with E-state index in [0.717, 1.165) is 29.8 Å². The van der Waals surface area contributed by atoms with Gasteiger partial charge in [-0.1, -0.05) is 83.1 Å². The average molecular weight is 379 g/mol. The Morgan fingerprint density at radius 2 is 1.54 bits per heavy atom. The Bertz CT molecular complexity index is 712.